The summed E-state index contributed by atoms with van der Waals surface area (Å²) in [5.41, 5.74) is 0. The van der Waals surface area contributed by atoms with Gasteiger partial charge in [-0.25, -0.2) is 8.78 Å². The Morgan fingerprint density at radius 2 is 2.16 bits per heavy atom. The molecule has 0 amide bonds. The van der Waals surface area contributed by atoms with Crippen molar-refractivity contribution in [3.63, 3.8) is 0 Å². The number of nitrogens with one attached hydrogen (secondary N) is 1. The van der Waals surface area contributed by atoms with E-state index in [9.17, 15) is 13.0 Å². The summed E-state index contributed by atoms with van der Waals surface area (Å²) in [5, 5.41) is 3.17. The Labute approximate surface area is 114 Å². The first-order chi connectivity index (χ1) is 9.08. The number of hydrogen-bond donors (Lipinski definition) is 1. The van der Waals surface area contributed by atoms with Gasteiger partial charge >= 0.3 is 0 Å². The van der Waals surface area contributed by atoms with Crippen molar-refractivity contribution in [3.05, 3.63) is 29.8 Å². The normalized spacial score (nSPS) is 14.3. The van der Waals surface area contributed by atoms with E-state index in [1.165, 1.54) is 0 Å². The molecule has 1 aromatic carbocycles. The van der Waals surface area contributed by atoms with Gasteiger partial charge in [0, 0.05) is 18.9 Å². The smallest absolute Gasteiger partial charge is 0.139 e. The van der Waals surface area contributed by atoms with Gasteiger partial charge in [0.2, 0.25) is 0 Å². The highest BCUT2D eigenvalue weighted by atomic mass is 32.2. The number of rotatable bonds is 8. The van der Waals surface area contributed by atoms with E-state index in [0.29, 0.717) is 6.61 Å². The molecule has 6 heteroatoms. The maximum atomic E-state index is 13.5. The van der Waals surface area contributed by atoms with Gasteiger partial charge < -0.3 is 10.1 Å². The fraction of sp³-hybridized carbons (Fsp3) is 0.538. The van der Waals surface area contributed by atoms with Crippen LogP contribution in [0.25, 0.3) is 0 Å². The standard InChI is InChI=1S/C13H19F2NO2S/c1-3-6-16-11(8-18-2)9-19(17)13-7-10(14)4-5-12(13)15/h4-5,7,11,16H,3,6,8-9H2,1-2H3. The van der Waals surface area contributed by atoms with Crippen LogP contribution in [0.4, 0.5) is 8.78 Å². The zero-order valence-electron chi connectivity index (χ0n) is 11.1. The first kappa shape index (κ1) is 16.2. The van der Waals surface area contributed by atoms with Crippen molar-refractivity contribution in [3.8, 4) is 0 Å². The lowest BCUT2D eigenvalue weighted by Crippen LogP contribution is -2.38. The summed E-state index contributed by atoms with van der Waals surface area (Å²) in [6.45, 7) is 3.15. The lowest BCUT2D eigenvalue weighted by Gasteiger charge is -2.17. The molecule has 0 fully saturated rings. The van der Waals surface area contributed by atoms with Gasteiger partial charge in [-0.3, -0.25) is 4.21 Å². The van der Waals surface area contributed by atoms with Crippen molar-refractivity contribution >= 4 is 10.8 Å². The van der Waals surface area contributed by atoms with E-state index < -0.39 is 22.4 Å². The molecule has 0 aliphatic heterocycles. The first-order valence-electron chi connectivity index (χ1n) is 6.14. The predicted molar refractivity (Wildman–Crippen MR) is 71.6 cm³/mol. The minimum atomic E-state index is -1.60. The molecule has 3 nitrogen and oxygen atoms in total. The highest BCUT2D eigenvalue weighted by Gasteiger charge is 2.17. The summed E-state index contributed by atoms with van der Waals surface area (Å²) in [6, 6.07) is 2.84. The highest BCUT2D eigenvalue weighted by Crippen LogP contribution is 2.15. The Kier molecular flexibility index (Phi) is 7.12. The van der Waals surface area contributed by atoms with Crippen molar-refractivity contribution in [2.24, 2.45) is 0 Å². The topological polar surface area (TPSA) is 38.3 Å². The molecule has 1 rings (SSSR count). The molecule has 0 saturated heterocycles. The van der Waals surface area contributed by atoms with Crippen LogP contribution >= 0.6 is 0 Å². The van der Waals surface area contributed by atoms with E-state index >= 15 is 0 Å². The average molecular weight is 291 g/mol. The third-order valence-electron chi connectivity index (χ3n) is 2.54. The Morgan fingerprint density at radius 3 is 2.79 bits per heavy atom. The van der Waals surface area contributed by atoms with Gasteiger partial charge in [-0.05, 0) is 31.2 Å². The molecule has 0 aliphatic rings. The van der Waals surface area contributed by atoms with Gasteiger partial charge in [-0.1, -0.05) is 6.92 Å². The van der Waals surface area contributed by atoms with Gasteiger partial charge in [0.25, 0.3) is 0 Å². The first-order valence-corrected chi connectivity index (χ1v) is 7.46. The van der Waals surface area contributed by atoms with Crippen LogP contribution in [-0.4, -0.2) is 36.3 Å². The van der Waals surface area contributed by atoms with Gasteiger partial charge in [0.1, 0.15) is 11.6 Å². The average Bonchev–Trinajstić information content (AvgIpc) is 2.39. The molecule has 19 heavy (non-hydrogen) atoms. The van der Waals surface area contributed by atoms with Crippen LogP contribution in [0, 0.1) is 11.6 Å². The molecule has 1 aromatic rings. The zero-order chi connectivity index (χ0) is 14.3. The van der Waals surface area contributed by atoms with Crippen LogP contribution in [-0.2, 0) is 15.5 Å². The number of methoxy groups -OCH3 is 1. The second-order valence-corrected chi connectivity index (χ2v) is 5.66. The van der Waals surface area contributed by atoms with E-state index in [1.54, 1.807) is 7.11 Å². The van der Waals surface area contributed by atoms with Gasteiger partial charge in [-0.15, -0.1) is 0 Å². The molecular formula is C13H19F2NO2S. The molecule has 0 saturated carbocycles. The second kappa shape index (κ2) is 8.35. The fourth-order valence-corrected chi connectivity index (χ4v) is 2.93. The van der Waals surface area contributed by atoms with Crippen molar-refractivity contribution < 1.29 is 17.7 Å². The van der Waals surface area contributed by atoms with Crippen LogP contribution in [0.2, 0.25) is 0 Å². The minimum absolute atomic E-state index is 0.0978. The van der Waals surface area contributed by atoms with Gasteiger partial charge in [0.15, 0.2) is 0 Å². The molecule has 0 aliphatic carbocycles. The van der Waals surface area contributed by atoms with E-state index in [-0.39, 0.29) is 16.7 Å². The molecule has 108 valence electrons. The summed E-state index contributed by atoms with van der Waals surface area (Å²) in [4.78, 5) is -0.0978. The molecule has 2 unspecified atom stereocenters. The lowest BCUT2D eigenvalue weighted by atomic mass is 10.3. The van der Waals surface area contributed by atoms with E-state index in [4.69, 9.17) is 4.74 Å². The summed E-state index contributed by atoms with van der Waals surface area (Å²) in [5.74, 6) is -1.05. The minimum Gasteiger partial charge on any atom is -0.383 e. The molecule has 0 bridgehead atoms. The third kappa shape index (κ3) is 5.34. The van der Waals surface area contributed by atoms with Crippen LogP contribution in [0.15, 0.2) is 23.1 Å². The van der Waals surface area contributed by atoms with E-state index in [0.717, 1.165) is 31.2 Å². The number of ether oxygens (including phenoxy) is 1. The van der Waals surface area contributed by atoms with Crippen LogP contribution in [0.1, 0.15) is 13.3 Å². The summed E-state index contributed by atoms with van der Waals surface area (Å²) in [7, 11) is -0.0499. The quantitative estimate of drug-likeness (QED) is 0.797. The Morgan fingerprint density at radius 1 is 1.42 bits per heavy atom. The van der Waals surface area contributed by atoms with Gasteiger partial charge in [-0.2, -0.15) is 0 Å². The van der Waals surface area contributed by atoms with Crippen molar-refractivity contribution in [2.45, 2.75) is 24.3 Å². The van der Waals surface area contributed by atoms with Crippen molar-refractivity contribution in [1.29, 1.82) is 0 Å². The SMILES string of the molecule is CCCNC(COC)CS(=O)c1cc(F)ccc1F. The molecule has 0 aromatic heterocycles. The Balaban J connectivity index is 2.72. The molecule has 0 spiro atoms. The van der Waals surface area contributed by atoms with Crippen LogP contribution in [0.5, 0.6) is 0 Å². The molecule has 0 radical (unpaired) electrons. The summed E-state index contributed by atoms with van der Waals surface area (Å²) >= 11 is 0. The molecular weight excluding hydrogens is 272 g/mol. The van der Waals surface area contributed by atoms with Crippen LogP contribution < -0.4 is 5.32 Å². The largest absolute Gasteiger partial charge is 0.383 e. The zero-order valence-corrected chi connectivity index (χ0v) is 11.9. The molecule has 0 heterocycles. The maximum Gasteiger partial charge on any atom is 0.139 e. The fourth-order valence-electron chi connectivity index (χ4n) is 1.64. The summed E-state index contributed by atoms with van der Waals surface area (Å²) in [6.07, 6.45) is 0.932. The maximum absolute atomic E-state index is 13.5. The van der Waals surface area contributed by atoms with Crippen molar-refractivity contribution in [1.82, 2.24) is 5.32 Å². The Bertz CT molecular complexity index is 429. The summed E-state index contributed by atoms with van der Waals surface area (Å²) < 4.78 is 43.7. The third-order valence-corrected chi connectivity index (χ3v) is 4.05. The van der Waals surface area contributed by atoms with E-state index in [1.807, 2.05) is 6.92 Å². The predicted octanol–water partition coefficient (Wildman–Crippen LogP) is 2.09. The lowest BCUT2D eigenvalue weighted by molar-refractivity contribution is 0.173. The molecule has 2 atom stereocenters. The number of benzene rings is 1. The highest BCUT2D eigenvalue weighted by molar-refractivity contribution is 7.85. The van der Waals surface area contributed by atoms with Gasteiger partial charge in [0.05, 0.1) is 22.3 Å². The van der Waals surface area contributed by atoms with E-state index in [2.05, 4.69) is 5.32 Å². The monoisotopic (exact) mass is 291 g/mol. The van der Waals surface area contributed by atoms with Crippen molar-refractivity contribution in [2.75, 3.05) is 26.0 Å². The van der Waals surface area contributed by atoms with Crippen LogP contribution in [0.3, 0.4) is 0 Å². The number of hydrogen-bond acceptors (Lipinski definition) is 3. The second-order valence-electron chi connectivity index (χ2n) is 4.19. The Hall–Kier alpha value is -0.850. The number of halogens is 2. The molecule has 1 N–H and O–H groups in total.